The lowest BCUT2D eigenvalue weighted by molar-refractivity contribution is 0.179. The van der Waals surface area contributed by atoms with E-state index in [9.17, 15) is 0 Å². The van der Waals surface area contributed by atoms with Gasteiger partial charge in [0.2, 0.25) is 0 Å². The van der Waals surface area contributed by atoms with Crippen molar-refractivity contribution >= 4 is 29.9 Å². The molecule has 1 aliphatic rings. The van der Waals surface area contributed by atoms with Crippen LogP contribution >= 0.6 is 24.0 Å². The molecule has 4 nitrogen and oxygen atoms in total. The SMILES string of the molecule is CCC1CCC(CN=C(N)NC(C)COC)CC1.I. The van der Waals surface area contributed by atoms with Gasteiger partial charge in [-0.2, -0.15) is 0 Å². The summed E-state index contributed by atoms with van der Waals surface area (Å²) >= 11 is 0. The van der Waals surface area contributed by atoms with Gasteiger partial charge in [-0.3, -0.25) is 4.99 Å². The van der Waals surface area contributed by atoms with Crippen LogP contribution in [0.3, 0.4) is 0 Å². The minimum Gasteiger partial charge on any atom is -0.383 e. The molecule has 0 radical (unpaired) electrons. The molecule has 1 rings (SSSR count). The highest BCUT2D eigenvalue weighted by atomic mass is 127. The molecule has 0 saturated heterocycles. The van der Waals surface area contributed by atoms with Crippen molar-refractivity contribution in [2.24, 2.45) is 22.6 Å². The van der Waals surface area contributed by atoms with Gasteiger partial charge in [0, 0.05) is 19.7 Å². The van der Waals surface area contributed by atoms with E-state index in [-0.39, 0.29) is 30.0 Å². The highest BCUT2D eigenvalue weighted by molar-refractivity contribution is 14.0. The van der Waals surface area contributed by atoms with Crippen molar-refractivity contribution in [1.82, 2.24) is 5.32 Å². The Labute approximate surface area is 135 Å². The van der Waals surface area contributed by atoms with Crippen molar-refractivity contribution < 1.29 is 4.74 Å². The van der Waals surface area contributed by atoms with Gasteiger partial charge >= 0.3 is 0 Å². The fourth-order valence-electron chi connectivity index (χ4n) is 2.64. The van der Waals surface area contributed by atoms with E-state index in [1.807, 2.05) is 6.92 Å². The van der Waals surface area contributed by atoms with Crippen LogP contribution in [0.25, 0.3) is 0 Å². The summed E-state index contributed by atoms with van der Waals surface area (Å²) in [4.78, 5) is 4.45. The number of aliphatic imine (C=N–C) groups is 1. The molecule has 0 amide bonds. The average molecular weight is 383 g/mol. The molecule has 114 valence electrons. The quantitative estimate of drug-likeness (QED) is 0.421. The summed E-state index contributed by atoms with van der Waals surface area (Å²) in [6.07, 6.45) is 6.67. The lowest BCUT2D eigenvalue weighted by Gasteiger charge is -2.26. The standard InChI is InChI=1S/C14H29N3O.HI/c1-4-12-5-7-13(8-6-12)9-16-14(15)17-11(2)10-18-3;/h11-13H,4-10H2,1-3H3,(H3,15,16,17);1H. The average Bonchev–Trinajstić information content (AvgIpc) is 2.37. The number of guanidine groups is 1. The van der Waals surface area contributed by atoms with Crippen molar-refractivity contribution in [1.29, 1.82) is 0 Å². The fraction of sp³-hybridized carbons (Fsp3) is 0.929. The molecule has 0 aromatic carbocycles. The van der Waals surface area contributed by atoms with Crippen LogP contribution in [-0.4, -0.2) is 32.3 Å². The molecular weight excluding hydrogens is 353 g/mol. The second kappa shape index (κ2) is 10.7. The number of halogens is 1. The highest BCUT2D eigenvalue weighted by Crippen LogP contribution is 2.30. The van der Waals surface area contributed by atoms with Crippen molar-refractivity contribution in [2.75, 3.05) is 20.3 Å². The molecule has 0 spiro atoms. The van der Waals surface area contributed by atoms with Crippen molar-refractivity contribution in [2.45, 2.75) is 52.0 Å². The zero-order chi connectivity index (χ0) is 13.4. The molecule has 19 heavy (non-hydrogen) atoms. The summed E-state index contributed by atoms with van der Waals surface area (Å²) < 4.78 is 5.05. The third-order valence-corrected chi connectivity index (χ3v) is 3.87. The monoisotopic (exact) mass is 383 g/mol. The smallest absolute Gasteiger partial charge is 0.188 e. The zero-order valence-corrected chi connectivity index (χ0v) is 14.9. The van der Waals surface area contributed by atoms with Crippen LogP contribution in [0.2, 0.25) is 0 Å². The van der Waals surface area contributed by atoms with Crippen LogP contribution in [0, 0.1) is 11.8 Å². The number of hydrogen-bond donors (Lipinski definition) is 2. The van der Waals surface area contributed by atoms with Gasteiger partial charge in [-0.15, -0.1) is 24.0 Å². The Hall–Kier alpha value is -0.0400. The number of nitrogens with one attached hydrogen (secondary N) is 1. The van der Waals surface area contributed by atoms with E-state index in [1.54, 1.807) is 7.11 Å². The number of methoxy groups -OCH3 is 1. The number of hydrogen-bond acceptors (Lipinski definition) is 2. The second-order valence-corrected chi connectivity index (χ2v) is 5.52. The maximum absolute atomic E-state index is 5.86. The molecule has 1 fully saturated rings. The van der Waals surface area contributed by atoms with Crippen molar-refractivity contribution in [3.63, 3.8) is 0 Å². The molecule has 1 aliphatic carbocycles. The van der Waals surface area contributed by atoms with E-state index < -0.39 is 0 Å². The Morgan fingerprint density at radius 1 is 1.32 bits per heavy atom. The number of rotatable bonds is 6. The van der Waals surface area contributed by atoms with Crippen LogP contribution in [-0.2, 0) is 4.74 Å². The van der Waals surface area contributed by atoms with Crippen LogP contribution < -0.4 is 11.1 Å². The summed E-state index contributed by atoms with van der Waals surface area (Å²) in [5.74, 6) is 2.23. The van der Waals surface area contributed by atoms with Crippen LogP contribution in [0.4, 0.5) is 0 Å². The van der Waals surface area contributed by atoms with E-state index in [4.69, 9.17) is 10.5 Å². The molecule has 1 saturated carbocycles. The topological polar surface area (TPSA) is 59.6 Å². The molecule has 3 N–H and O–H groups in total. The molecule has 0 aromatic rings. The van der Waals surface area contributed by atoms with Crippen LogP contribution in [0.15, 0.2) is 4.99 Å². The van der Waals surface area contributed by atoms with E-state index in [1.165, 1.54) is 32.1 Å². The van der Waals surface area contributed by atoms with E-state index in [0.29, 0.717) is 12.6 Å². The third kappa shape index (κ3) is 7.97. The third-order valence-electron chi connectivity index (χ3n) is 3.87. The lowest BCUT2D eigenvalue weighted by atomic mass is 9.81. The first-order valence-electron chi connectivity index (χ1n) is 7.21. The molecule has 0 heterocycles. The molecule has 1 atom stereocenters. The maximum Gasteiger partial charge on any atom is 0.188 e. The molecule has 0 aromatic heterocycles. The van der Waals surface area contributed by atoms with Gasteiger partial charge in [-0.05, 0) is 31.6 Å². The first-order chi connectivity index (χ1) is 8.65. The number of nitrogens with two attached hydrogens (primary N) is 1. The first kappa shape index (κ1) is 19.0. The van der Waals surface area contributed by atoms with E-state index >= 15 is 0 Å². The maximum atomic E-state index is 5.86. The molecule has 5 heteroatoms. The molecular formula is C14H30IN3O. The van der Waals surface area contributed by atoms with Crippen LogP contribution in [0.1, 0.15) is 46.0 Å². The minimum absolute atomic E-state index is 0. The molecule has 1 unspecified atom stereocenters. The largest absolute Gasteiger partial charge is 0.383 e. The Bertz CT molecular complexity index is 253. The van der Waals surface area contributed by atoms with Gasteiger partial charge in [0.25, 0.3) is 0 Å². The zero-order valence-electron chi connectivity index (χ0n) is 12.5. The number of ether oxygens (including phenoxy) is 1. The summed E-state index contributed by atoms with van der Waals surface area (Å²) in [7, 11) is 1.69. The molecule has 0 aliphatic heterocycles. The molecule has 0 bridgehead atoms. The predicted molar refractivity (Wildman–Crippen MR) is 92.1 cm³/mol. The Balaban J connectivity index is 0.00000324. The highest BCUT2D eigenvalue weighted by Gasteiger charge is 2.19. The van der Waals surface area contributed by atoms with Crippen LogP contribution in [0.5, 0.6) is 0 Å². The summed E-state index contributed by atoms with van der Waals surface area (Å²) in [6, 6.07) is 0.217. The lowest BCUT2D eigenvalue weighted by Crippen LogP contribution is -2.41. The van der Waals surface area contributed by atoms with Gasteiger partial charge in [0.15, 0.2) is 5.96 Å². The summed E-state index contributed by atoms with van der Waals surface area (Å²) in [6.45, 7) is 5.85. The second-order valence-electron chi connectivity index (χ2n) is 5.52. The summed E-state index contributed by atoms with van der Waals surface area (Å²) in [5, 5.41) is 3.14. The van der Waals surface area contributed by atoms with E-state index in [0.717, 1.165) is 18.4 Å². The minimum atomic E-state index is 0. The van der Waals surface area contributed by atoms with Gasteiger partial charge in [0.05, 0.1) is 6.61 Å². The normalized spacial score (nSPS) is 25.5. The Kier molecular flexibility index (Phi) is 10.7. The van der Waals surface area contributed by atoms with E-state index in [2.05, 4.69) is 17.2 Å². The Morgan fingerprint density at radius 3 is 2.42 bits per heavy atom. The number of nitrogens with zero attached hydrogens (tertiary/aromatic N) is 1. The van der Waals surface area contributed by atoms with Gasteiger partial charge < -0.3 is 15.8 Å². The van der Waals surface area contributed by atoms with Gasteiger partial charge in [0.1, 0.15) is 0 Å². The Morgan fingerprint density at radius 2 is 1.89 bits per heavy atom. The predicted octanol–water partition coefficient (Wildman–Crippen LogP) is 2.76. The van der Waals surface area contributed by atoms with Gasteiger partial charge in [-0.25, -0.2) is 0 Å². The summed E-state index contributed by atoms with van der Waals surface area (Å²) in [5.41, 5.74) is 5.86. The van der Waals surface area contributed by atoms with Crippen molar-refractivity contribution in [3.8, 4) is 0 Å². The first-order valence-corrected chi connectivity index (χ1v) is 7.21. The fourth-order valence-corrected chi connectivity index (χ4v) is 2.64. The van der Waals surface area contributed by atoms with Crippen molar-refractivity contribution in [3.05, 3.63) is 0 Å². The van der Waals surface area contributed by atoms with Gasteiger partial charge in [-0.1, -0.05) is 26.2 Å².